The highest BCUT2D eigenvalue weighted by Crippen LogP contribution is 2.18. The molecule has 0 amide bonds. The van der Waals surface area contributed by atoms with Crippen molar-refractivity contribution < 1.29 is 28.6 Å². The third-order valence-electron chi connectivity index (χ3n) is 15.5. The van der Waals surface area contributed by atoms with E-state index in [2.05, 4.69) is 81.5 Å². The molecule has 0 aliphatic rings. The van der Waals surface area contributed by atoms with Gasteiger partial charge in [0.2, 0.25) is 0 Å². The molecule has 6 nitrogen and oxygen atoms in total. The molecule has 0 fully saturated rings. The number of carbonyl (C=O) groups is 3. The molecule has 1 unspecified atom stereocenters. The Balaban J connectivity index is 4.37. The first-order valence-corrected chi connectivity index (χ1v) is 34.8. The maximum Gasteiger partial charge on any atom is 0.306 e. The van der Waals surface area contributed by atoms with E-state index in [9.17, 15) is 14.4 Å². The van der Waals surface area contributed by atoms with Gasteiger partial charge in [-0.15, -0.1) is 0 Å². The quantitative estimate of drug-likeness (QED) is 0.0261. The van der Waals surface area contributed by atoms with Crippen LogP contribution in [0.25, 0.3) is 0 Å². The molecule has 0 saturated heterocycles. The lowest BCUT2D eigenvalue weighted by Crippen LogP contribution is -2.30. The highest BCUT2D eigenvalue weighted by atomic mass is 16.6. The first kappa shape index (κ1) is 76.1. The van der Waals surface area contributed by atoms with Gasteiger partial charge < -0.3 is 14.2 Å². The van der Waals surface area contributed by atoms with Crippen LogP contribution in [0.3, 0.4) is 0 Å². The Morgan fingerprint density at radius 1 is 0.253 bits per heavy atom. The van der Waals surface area contributed by atoms with Crippen LogP contribution in [-0.2, 0) is 28.6 Å². The number of carbonyl (C=O) groups excluding carboxylic acids is 3. The largest absolute Gasteiger partial charge is 0.462 e. The minimum Gasteiger partial charge on any atom is -0.462 e. The van der Waals surface area contributed by atoms with Gasteiger partial charge in [-0.1, -0.05) is 319 Å². The molecule has 0 aromatic carbocycles. The number of allylic oxidation sites excluding steroid dienone is 10. The molecule has 0 spiro atoms. The van der Waals surface area contributed by atoms with Crippen molar-refractivity contribution in [2.75, 3.05) is 13.2 Å². The van der Waals surface area contributed by atoms with Crippen LogP contribution in [0.5, 0.6) is 0 Å². The van der Waals surface area contributed by atoms with Gasteiger partial charge in [-0.3, -0.25) is 14.4 Å². The predicted octanol–water partition coefficient (Wildman–Crippen LogP) is 23.9. The lowest BCUT2D eigenvalue weighted by atomic mass is 10.0. The van der Waals surface area contributed by atoms with Gasteiger partial charge in [0.1, 0.15) is 13.2 Å². The number of hydrogen-bond acceptors (Lipinski definition) is 6. The van der Waals surface area contributed by atoms with Crippen LogP contribution < -0.4 is 0 Å². The predicted molar refractivity (Wildman–Crippen MR) is 344 cm³/mol. The Kier molecular flexibility index (Phi) is 65.1. The summed E-state index contributed by atoms with van der Waals surface area (Å²) < 4.78 is 17.0. The fourth-order valence-electron chi connectivity index (χ4n) is 10.2. The Bertz CT molecular complexity index is 1410. The zero-order chi connectivity index (χ0) is 57.1. The maximum absolute atomic E-state index is 13.0. The topological polar surface area (TPSA) is 78.9 Å². The fourth-order valence-corrected chi connectivity index (χ4v) is 10.2. The van der Waals surface area contributed by atoms with Crippen molar-refractivity contribution in [3.63, 3.8) is 0 Å². The van der Waals surface area contributed by atoms with Crippen molar-refractivity contribution in [1.29, 1.82) is 0 Å². The molecule has 0 N–H and O–H groups in total. The summed E-state index contributed by atoms with van der Waals surface area (Å²) in [5.41, 5.74) is 0. The minimum absolute atomic E-state index is 0.0774. The van der Waals surface area contributed by atoms with Gasteiger partial charge in [0.15, 0.2) is 6.10 Å². The summed E-state index contributed by atoms with van der Waals surface area (Å²) in [5, 5.41) is 0. The smallest absolute Gasteiger partial charge is 0.306 e. The van der Waals surface area contributed by atoms with Crippen molar-refractivity contribution in [1.82, 2.24) is 0 Å². The number of esters is 3. The van der Waals surface area contributed by atoms with Crippen LogP contribution in [0, 0.1) is 0 Å². The molecule has 0 aromatic rings. The van der Waals surface area contributed by atoms with Gasteiger partial charge in [-0.05, 0) is 89.9 Å². The van der Waals surface area contributed by atoms with E-state index in [0.717, 1.165) is 83.5 Å². The summed E-state index contributed by atoms with van der Waals surface area (Å²) in [6.07, 6.45) is 86.6. The van der Waals surface area contributed by atoms with E-state index in [1.807, 2.05) is 0 Å². The van der Waals surface area contributed by atoms with Crippen LogP contribution in [0.4, 0.5) is 0 Å². The molecular formula is C73H132O6. The van der Waals surface area contributed by atoms with Crippen LogP contribution in [0.15, 0.2) is 60.8 Å². The molecule has 6 heteroatoms. The van der Waals surface area contributed by atoms with Gasteiger partial charge >= 0.3 is 17.9 Å². The van der Waals surface area contributed by atoms with Gasteiger partial charge in [-0.2, -0.15) is 0 Å². The van der Waals surface area contributed by atoms with Crippen molar-refractivity contribution in [3.8, 4) is 0 Å². The third kappa shape index (κ3) is 65.8. The van der Waals surface area contributed by atoms with Crippen LogP contribution in [-0.4, -0.2) is 37.2 Å². The Morgan fingerprint density at radius 3 is 0.734 bits per heavy atom. The molecule has 79 heavy (non-hydrogen) atoms. The second-order valence-corrected chi connectivity index (χ2v) is 23.4. The first-order valence-electron chi connectivity index (χ1n) is 34.8. The maximum atomic E-state index is 13.0. The van der Waals surface area contributed by atoms with E-state index < -0.39 is 6.10 Å². The summed E-state index contributed by atoms with van der Waals surface area (Å²) in [5.74, 6) is -0.870. The first-order chi connectivity index (χ1) is 39.0. The van der Waals surface area contributed by atoms with Crippen molar-refractivity contribution in [2.45, 2.75) is 374 Å². The number of ether oxygens (including phenoxy) is 3. The van der Waals surface area contributed by atoms with Crippen LogP contribution in [0.1, 0.15) is 367 Å². The molecule has 0 rings (SSSR count). The monoisotopic (exact) mass is 1110 g/mol. The zero-order valence-electron chi connectivity index (χ0n) is 52.9. The normalized spacial score (nSPS) is 12.4. The third-order valence-corrected chi connectivity index (χ3v) is 15.5. The molecule has 460 valence electrons. The molecule has 0 radical (unpaired) electrons. The molecular weight excluding hydrogens is 973 g/mol. The van der Waals surface area contributed by atoms with E-state index in [1.165, 1.54) is 244 Å². The molecule has 0 aliphatic carbocycles. The van der Waals surface area contributed by atoms with Crippen molar-refractivity contribution in [3.05, 3.63) is 60.8 Å². The molecule has 0 aliphatic heterocycles. The summed E-state index contributed by atoms with van der Waals surface area (Å²) in [4.78, 5) is 38.5. The SMILES string of the molecule is CCCCC/C=C\C/C=C\C/C=C\CCCCCCCCC(=O)OCC(COC(=O)CCCCCCCCCCC/C=C\C/C=C\CCCCCCC)OC(=O)CCCCCCCCCCCCCCCCCCCCCCC. The average Bonchev–Trinajstić information content (AvgIpc) is 3.45. The average molecular weight is 1110 g/mol. The van der Waals surface area contributed by atoms with Crippen LogP contribution in [0.2, 0.25) is 0 Å². The standard InChI is InChI=1S/C73H132O6/c1-4-7-10-13-16-19-22-25-28-31-34-36-39-42-45-48-51-54-57-60-63-66-72(75)78-69-70(68-77-71(74)65-62-59-56-53-50-47-44-41-38-33-30-27-24-21-18-15-12-9-6-3)79-73(76)67-64-61-58-55-52-49-46-43-40-37-35-32-29-26-23-20-17-14-11-8-5-2/h18,21-22,25,27,30-31,34,38,41,70H,4-17,19-20,23-24,26,28-29,32-33,35-37,39-40,42-69H2,1-3H3/b21-18-,25-22-,30-27-,34-31-,41-38-. The van der Waals surface area contributed by atoms with Crippen molar-refractivity contribution >= 4 is 17.9 Å². The number of rotatable bonds is 64. The number of hydrogen-bond donors (Lipinski definition) is 0. The van der Waals surface area contributed by atoms with E-state index in [1.54, 1.807) is 0 Å². The van der Waals surface area contributed by atoms with E-state index in [0.29, 0.717) is 19.3 Å². The molecule has 0 aromatic heterocycles. The van der Waals surface area contributed by atoms with Crippen LogP contribution >= 0.6 is 0 Å². The highest BCUT2D eigenvalue weighted by Gasteiger charge is 2.19. The second kappa shape index (κ2) is 67.6. The van der Waals surface area contributed by atoms with Gasteiger partial charge in [0.25, 0.3) is 0 Å². The summed E-state index contributed by atoms with van der Waals surface area (Å²) >= 11 is 0. The lowest BCUT2D eigenvalue weighted by molar-refractivity contribution is -0.167. The summed E-state index contributed by atoms with van der Waals surface area (Å²) in [6, 6.07) is 0. The highest BCUT2D eigenvalue weighted by molar-refractivity contribution is 5.71. The summed E-state index contributed by atoms with van der Waals surface area (Å²) in [6.45, 7) is 6.65. The molecule has 0 heterocycles. The van der Waals surface area contributed by atoms with Gasteiger partial charge in [-0.25, -0.2) is 0 Å². The Hall–Kier alpha value is -2.89. The van der Waals surface area contributed by atoms with Crippen molar-refractivity contribution in [2.24, 2.45) is 0 Å². The second-order valence-electron chi connectivity index (χ2n) is 23.4. The molecule has 0 bridgehead atoms. The van der Waals surface area contributed by atoms with E-state index in [4.69, 9.17) is 14.2 Å². The summed E-state index contributed by atoms with van der Waals surface area (Å²) in [7, 11) is 0. The van der Waals surface area contributed by atoms with E-state index in [-0.39, 0.29) is 31.1 Å². The van der Waals surface area contributed by atoms with Gasteiger partial charge in [0.05, 0.1) is 0 Å². The number of unbranched alkanes of at least 4 members (excludes halogenated alkanes) is 43. The van der Waals surface area contributed by atoms with Gasteiger partial charge in [0, 0.05) is 19.3 Å². The Morgan fingerprint density at radius 2 is 0.456 bits per heavy atom. The Labute approximate surface area is 491 Å². The minimum atomic E-state index is -0.782. The lowest BCUT2D eigenvalue weighted by Gasteiger charge is -2.18. The van der Waals surface area contributed by atoms with E-state index >= 15 is 0 Å². The molecule has 1 atom stereocenters. The fraction of sp³-hybridized carbons (Fsp3) is 0.822. The zero-order valence-corrected chi connectivity index (χ0v) is 52.9. The molecule has 0 saturated carbocycles.